The zero-order valence-corrected chi connectivity index (χ0v) is 9.54. The van der Waals surface area contributed by atoms with Gasteiger partial charge in [0.25, 0.3) is 5.91 Å². The third-order valence-corrected chi connectivity index (χ3v) is 3.42. The van der Waals surface area contributed by atoms with Crippen molar-refractivity contribution in [2.24, 2.45) is 5.73 Å². The first kappa shape index (κ1) is 10.6. The van der Waals surface area contributed by atoms with Gasteiger partial charge in [-0.2, -0.15) is 0 Å². The maximum atomic E-state index is 12.0. The summed E-state index contributed by atoms with van der Waals surface area (Å²) in [6.07, 6.45) is 1.77. The first-order valence-electron chi connectivity index (χ1n) is 5.13. The van der Waals surface area contributed by atoms with E-state index in [1.165, 1.54) is 11.3 Å². The highest BCUT2D eigenvalue weighted by Crippen LogP contribution is 2.18. The van der Waals surface area contributed by atoms with Crippen LogP contribution >= 0.6 is 11.3 Å². The topological polar surface area (TPSA) is 59.2 Å². The molecule has 0 aliphatic carbocycles. The molecule has 2 atom stereocenters. The van der Waals surface area contributed by atoms with Crippen molar-refractivity contribution in [1.29, 1.82) is 0 Å². The Morgan fingerprint density at radius 2 is 2.53 bits per heavy atom. The van der Waals surface area contributed by atoms with Crippen LogP contribution in [0.1, 0.15) is 30.3 Å². The van der Waals surface area contributed by atoms with Gasteiger partial charge in [0.2, 0.25) is 0 Å². The van der Waals surface area contributed by atoms with Gasteiger partial charge in [-0.1, -0.05) is 0 Å². The average Bonchev–Trinajstić information content (AvgIpc) is 2.69. The summed E-state index contributed by atoms with van der Waals surface area (Å²) in [5, 5.41) is 1.80. The molecule has 1 aliphatic rings. The molecule has 15 heavy (non-hydrogen) atoms. The fourth-order valence-electron chi connectivity index (χ4n) is 1.98. The zero-order chi connectivity index (χ0) is 10.8. The van der Waals surface area contributed by atoms with Crippen molar-refractivity contribution in [3.05, 3.63) is 16.6 Å². The molecule has 2 rings (SSSR count). The van der Waals surface area contributed by atoms with Gasteiger partial charge in [-0.25, -0.2) is 4.98 Å². The second-order valence-corrected chi connectivity index (χ2v) is 4.72. The molecule has 2 N–H and O–H groups in total. The number of likely N-dealkylation sites (tertiary alicyclic amines) is 1. The zero-order valence-electron chi connectivity index (χ0n) is 8.72. The quantitative estimate of drug-likeness (QED) is 0.778. The molecular formula is C10H15N3OS. The van der Waals surface area contributed by atoms with Gasteiger partial charge in [-0.15, -0.1) is 11.3 Å². The van der Waals surface area contributed by atoms with E-state index < -0.39 is 0 Å². The van der Waals surface area contributed by atoms with Crippen LogP contribution in [0.5, 0.6) is 0 Å². The number of nitrogens with two attached hydrogens (primary N) is 1. The molecule has 0 saturated carbocycles. The molecule has 0 aromatic carbocycles. The summed E-state index contributed by atoms with van der Waals surface area (Å²) >= 11 is 1.45. The summed E-state index contributed by atoms with van der Waals surface area (Å²) in [6.45, 7) is 2.79. The van der Waals surface area contributed by atoms with Crippen molar-refractivity contribution in [3.63, 3.8) is 0 Å². The van der Waals surface area contributed by atoms with Crippen LogP contribution in [0.4, 0.5) is 0 Å². The second-order valence-electron chi connectivity index (χ2n) is 4.01. The molecular weight excluding hydrogens is 210 g/mol. The number of carbonyl (C=O) groups is 1. The monoisotopic (exact) mass is 225 g/mol. The van der Waals surface area contributed by atoms with Gasteiger partial charge in [0.15, 0.2) is 0 Å². The number of hydrogen-bond donors (Lipinski definition) is 1. The molecule has 0 radical (unpaired) electrons. The molecule has 1 aromatic heterocycles. The van der Waals surface area contributed by atoms with E-state index in [0.717, 1.165) is 19.4 Å². The predicted octanol–water partition coefficient (Wildman–Crippen LogP) is 1.09. The van der Waals surface area contributed by atoms with Crippen LogP contribution in [-0.2, 0) is 0 Å². The van der Waals surface area contributed by atoms with E-state index >= 15 is 0 Å². The summed E-state index contributed by atoms with van der Waals surface area (Å²) in [4.78, 5) is 17.9. The van der Waals surface area contributed by atoms with Crippen molar-refractivity contribution in [2.45, 2.75) is 31.8 Å². The Bertz CT molecular complexity index is 338. The maximum Gasteiger partial charge on any atom is 0.273 e. The number of amides is 1. The van der Waals surface area contributed by atoms with Gasteiger partial charge in [0.05, 0.1) is 5.51 Å². The third kappa shape index (κ3) is 2.18. The smallest absolute Gasteiger partial charge is 0.273 e. The number of thiazole rings is 1. The fourth-order valence-corrected chi connectivity index (χ4v) is 2.50. The standard InChI is InChI=1S/C10H15N3OS/c1-7-4-8(11)2-3-13(7)10(14)9-5-15-6-12-9/h5-8H,2-4,11H2,1H3. The van der Waals surface area contributed by atoms with Crippen LogP contribution in [0.15, 0.2) is 10.9 Å². The summed E-state index contributed by atoms with van der Waals surface area (Å²) in [6, 6.07) is 0.461. The first-order chi connectivity index (χ1) is 7.18. The molecule has 1 amide bonds. The average molecular weight is 225 g/mol. The van der Waals surface area contributed by atoms with Crippen LogP contribution in [0, 0.1) is 0 Å². The summed E-state index contributed by atoms with van der Waals surface area (Å²) < 4.78 is 0. The van der Waals surface area contributed by atoms with E-state index in [-0.39, 0.29) is 18.0 Å². The van der Waals surface area contributed by atoms with E-state index in [4.69, 9.17) is 5.73 Å². The van der Waals surface area contributed by atoms with E-state index in [0.29, 0.717) is 5.69 Å². The third-order valence-electron chi connectivity index (χ3n) is 2.83. The summed E-state index contributed by atoms with van der Waals surface area (Å²) in [5.41, 5.74) is 8.10. The van der Waals surface area contributed by atoms with E-state index in [9.17, 15) is 4.79 Å². The lowest BCUT2D eigenvalue weighted by Crippen LogP contribution is -2.48. The maximum absolute atomic E-state index is 12.0. The number of nitrogens with zero attached hydrogens (tertiary/aromatic N) is 2. The largest absolute Gasteiger partial charge is 0.334 e. The van der Waals surface area contributed by atoms with Crippen LogP contribution in [0.25, 0.3) is 0 Å². The van der Waals surface area contributed by atoms with E-state index in [2.05, 4.69) is 4.98 Å². The minimum Gasteiger partial charge on any atom is -0.334 e. The normalized spacial score (nSPS) is 26.7. The minimum absolute atomic E-state index is 0.0376. The van der Waals surface area contributed by atoms with Gasteiger partial charge in [0.1, 0.15) is 5.69 Å². The molecule has 2 heterocycles. The Labute approximate surface area is 93.1 Å². The minimum atomic E-state index is 0.0376. The van der Waals surface area contributed by atoms with Gasteiger partial charge >= 0.3 is 0 Å². The Balaban J connectivity index is 2.08. The Hall–Kier alpha value is -0.940. The lowest BCUT2D eigenvalue weighted by Gasteiger charge is -2.35. The Kier molecular flexibility index (Phi) is 3.02. The molecule has 4 nitrogen and oxygen atoms in total. The van der Waals surface area contributed by atoms with Crippen molar-refractivity contribution < 1.29 is 4.79 Å². The SMILES string of the molecule is CC1CC(N)CCN1C(=O)c1cscn1. The highest BCUT2D eigenvalue weighted by atomic mass is 32.1. The molecule has 1 fully saturated rings. The van der Waals surface area contributed by atoms with Gasteiger partial charge < -0.3 is 10.6 Å². The Morgan fingerprint density at radius 3 is 3.13 bits per heavy atom. The Morgan fingerprint density at radius 1 is 1.73 bits per heavy atom. The highest BCUT2D eigenvalue weighted by Gasteiger charge is 2.28. The molecule has 0 bridgehead atoms. The molecule has 2 unspecified atom stereocenters. The summed E-state index contributed by atoms with van der Waals surface area (Å²) in [7, 11) is 0. The number of piperidine rings is 1. The molecule has 0 spiro atoms. The second kappa shape index (κ2) is 4.28. The van der Waals surface area contributed by atoms with Crippen LogP contribution in [0.3, 0.4) is 0 Å². The lowest BCUT2D eigenvalue weighted by atomic mass is 9.99. The molecule has 1 aliphatic heterocycles. The number of rotatable bonds is 1. The van der Waals surface area contributed by atoms with Gasteiger partial charge in [0, 0.05) is 24.0 Å². The molecule has 1 saturated heterocycles. The predicted molar refractivity (Wildman–Crippen MR) is 59.8 cm³/mol. The van der Waals surface area contributed by atoms with Crippen molar-refractivity contribution in [3.8, 4) is 0 Å². The van der Waals surface area contributed by atoms with E-state index in [1.54, 1.807) is 10.9 Å². The fraction of sp³-hybridized carbons (Fsp3) is 0.600. The van der Waals surface area contributed by atoms with Crippen molar-refractivity contribution in [1.82, 2.24) is 9.88 Å². The van der Waals surface area contributed by atoms with Crippen molar-refractivity contribution >= 4 is 17.2 Å². The van der Waals surface area contributed by atoms with Crippen LogP contribution in [0.2, 0.25) is 0 Å². The molecule has 82 valence electrons. The lowest BCUT2D eigenvalue weighted by molar-refractivity contribution is 0.0614. The van der Waals surface area contributed by atoms with E-state index in [1.807, 2.05) is 11.8 Å². The van der Waals surface area contributed by atoms with Crippen LogP contribution in [-0.4, -0.2) is 34.4 Å². The molecule has 1 aromatic rings. The first-order valence-corrected chi connectivity index (χ1v) is 6.07. The number of aromatic nitrogens is 1. The number of hydrogen-bond acceptors (Lipinski definition) is 4. The highest BCUT2D eigenvalue weighted by molar-refractivity contribution is 7.07. The van der Waals surface area contributed by atoms with Gasteiger partial charge in [-0.05, 0) is 19.8 Å². The summed E-state index contributed by atoms with van der Waals surface area (Å²) in [5.74, 6) is 0.0376. The molecule has 5 heteroatoms. The van der Waals surface area contributed by atoms with Crippen LogP contribution < -0.4 is 5.73 Å². The van der Waals surface area contributed by atoms with Gasteiger partial charge in [-0.3, -0.25) is 4.79 Å². The number of carbonyl (C=O) groups excluding carboxylic acids is 1. The van der Waals surface area contributed by atoms with Crippen molar-refractivity contribution in [2.75, 3.05) is 6.54 Å².